The number of hydrogen-bond donors (Lipinski definition) is 0. The van der Waals surface area contributed by atoms with Crippen molar-refractivity contribution in [3.05, 3.63) is 0 Å². The van der Waals surface area contributed by atoms with Gasteiger partial charge in [0.15, 0.2) is 0 Å². The average Bonchev–Trinajstić information content (AvgIpc) is 3.23. The Morgan fingerprint density at radius 2 is 1.68 bits per heavy atom. The van der Waals surface area contributed by atoms with Gasteiger partial charge in [-0.3, -0.25) is 0 Å². The van der Waals surface area contributed by atoms with Gasteiger partial charge in [0.2, 0.25) is 0 Å². The van der Waals surface area contributed by atoms with E-state index in [1.165, 1.54) is 77.0 Å². The standard InChI is InChI=1S/C27H46O/c1-18(2)9-8-10-19(3)21-11-12-22-20-17-24-27(28-24)15-7-6-14-26(27,5)23(20)13-16-25(21,22)4/h18-24H,6-17H2,1-5H3/t19-,20+,21+,22+,23+,24+,25-,26-,27+/m1/s1. The van der Waals surface area contributed by atoms with Crippen LogP contribution in [0.25, 0.3) is 0 Å². The number of rotatable bonds is 5. The van der Waals surface area contributed by atoms with E-state index in [-0.39, 0.29) is 0 Å². The predicted molar refractivity (Wildman–Crippen MR) is 117 cm³/mol. The third-order valence-electron chi connectivity index (χ3n) is 11.2. The Labute approximate surface area is 174 Å². The lowest BCUT2D eigenvalue weighted by molar-refractivity contribution is -0.100. The summed E-state index contributed by atoms with van der Waals surface area (Å²) in [5.74, 6) is 5.69. The second kappa shape index (κ2) is 6.73. The third-order valence-corrected chi connectivity index (χ3v) is 11.2. The summed E-state index contributed by atoms with van der Waals surface area (Å²) in [6, 6.07) is 0. The van der Waals surface area contributed by atoms with Crippen molar-refractivity contribution < 1.29 is 4.74 Å². The molecule has 1 aliphatic heterocycles. The molecule has 0 N–H and O–H groups in total. The second-order valence-corrected chi connectivity index (χ2v) is 12.8. The molecule has 0 unspecified atom stereocenters. The van der Waals surface area contributed by atoms with Gasteiger partial charge >= 0.3 is 0 Å². The smallest absolute Gasteiger partial charge is 0.100 e. The van der Waals surface area contributed by atoms with E-state index in [1.54, 1.807) is 0 Å². The largest absolute Gasteiger partial charge is 0.365 e. The van der Waals surface area contributed by atoms with E-state index in [0.29, 0.717) is 22.5 Å². The summed E-state index contributed by atoms with van der Waals surface area (Å²) < 4.78 is 6.60. The van der Waals surface area contributed by atoms with Gasteiger partial charge in [0.25, 0.3) is 0 Å². The van der Waals surface area contributed by atoms with Crippen LogP contribution >= 0.6 is 0 Å². The number of hydrogen-bond acceptors (Lipinski definition) is 1. The summed E-state index contributed by atoms with van der Waals surface area (Å²) in [6.45, 7) is 12.8. The molecule has 1 saturated heterocycles. The van der Waals surface area contributed by atoms with Crippen LogP contribution < -0.4 is 0 Å². The van der Waals surface area contributed by atoms with Crippen LogP contribution in [-0.2, 0) is 4.74 Å². The first-order chi connectivity index (χ1) is 13.3. The second-order valence-electron chi connectivity index (χ2n) is 12.8. The molecule has 0 aromatic carbocycles. The number of fused-ring (bicyclic) bond motifs is 4. The molecule has 1 heteroatoms. The minimum absolute atomic E-state index is 0.322. The molecule has 4 aliphatic carbocycles. The Bertz CT molecular complexity index is 597. The molecule has 0 bridgehead atoms. The molecule has 5 fully saturated rings. The van der Waals surface area contributed by atoms with E-state index in [4.69, 9.17) is 4.74 Å². The summed E-state index contributed by atoms with van der Waals surface area (Å²) in [5, 5.41) is 0. The monoisotopic (exact) mass is 386 g/mol. The molecule has 0 aromatic heterocycles. The minimum atomic E-state index is 0.322. The molecule has 1 heterocycles. The molecular weight excluding hydrogens is 340 g/mol. The molecule has 1 nitrogen and oxygen atoms in total. The maximum Gasteiger partial charge on any atom is 0.100 e. The fourth-order valence-electron chi connectivity index (χ4n) is 9.74. The lowest BCUT2D eigenvalue weighted by Gasteiger charge is -2.59. The van der Waals surface area contributed by atoms with E-state index in [1.807, 2.05) is 0 Å². The van der Waals surface area contributed by atoms with E-state index in [2.05, 4.69) is 34.6 Å². The molecule has 28 heavy (non-hydrogen) atoms. The molecule has 5 rings (SSSR count). The van der Waals surface area contributed by atoms with Crippen molar-refractivity contribution in [2.75, 3.05) is 0 Å². The van der Waals surface area contributed by atoms with Crippen molar-refractivity contribution in [2.24, 2.45) is 46.3 Å². The molecule has 4 saturated carbocycles. The van der Waals surface area contributed by atoms with Gasteiger partial charge in [0.1, 0.15) is 5.60 Å². The summed E-state index contributed by atoms with van der Waals surface area (Å²) in [4.78, 5) is 0. The topological polar surface area (TPSA) is 12.5 Å². The van der Waals surface area contributed by atoms with Crippen LogP contribution in [-0.4, -0.2) is 11.7 Å². The molecular formula is C27H46O. The molecule has 9 atom stereocenters. The van der Waals surface area contributed by atoms with E-state index >= 15 is 0 Å². The minimum Gasteiger partial charge on any atom is -0.365 e. The predicted octanol–water partition coefficient (Wildman–Crippen LogP) is 7.63. The van der Waals surface area contributed by atoms with Crippen LogP contribution in [0.15, 0.2) is 0 Å². The van der Waals surface area contributed by atoms with Gasteiger partial charge in [-0.05, 0) is 85.9 Å². The summed E-state index contributed by atoms with van der Waals surface area (Å²) in [7, 11) is 0. The van der Waals surface area contributed by atoms with Crippen molar-refractivity contribution in [3.63, 3.8) is 0 Å². The van der Waals surface area contributed by atoms with Crippen LogP contribution in [0.4, 0.5) is 0 Å². The first-order valence-electron chi connectivity index (χ1n) is 13.0. The molecule has 0 amide bonds. The van der Waals surface area contributed by atoms with Gasteiger partial charge < -0.3 is 4.74 Å². The normalized spacial score (nSPS) is 53.1. The quantitative estimate of drug-likeness (QED) is 0.442. The van der Waals surface area contributed by atoms with Crippen molar-refractivity contribution in [3.8, 4) is 0 Å². The zero-order chi connectivity index (χ0) is 19.7. The maximum absolute atomic E-state index is 6.60. The van der Waals surface area contributed by atoms with Crippen molar-refractivity contribution in [2.45, 2.75) is 123 Å². The Morgan fingerprint density at radius 3 is 2.46 bits per heavy atom. The zero-order valence-electron chi connectivity index (χ0n) is 19.4. The molecule has 0 aromatic rings. The van der Waals surface area contributed by atoms with E-state index < -0.39 is 0 Å². The van der Waals surface area contributed by atoms with Crippen LogP contribution in [0.3, 0.4) is 0 Å². The Hall–Kier alpha value is -0.0400. The average molecular weight is 387 g/mol. The number of epoxide rings is 1. The molecule has 1 spiro atoms. The van der Waals surface area contributed by atoms with Crippen LogP contribution in [0.2, 0.25) is 0 Å². The lowest BCUT2D eigenvalue weighted by atomic mass is 9.44. The Morgan fingerprint density at radius 1 is 0.893 bits per heavy atom. The fraction of sp³-hybridized carbons (Fsp3) is 1.00. The summed E-state index contributed by atoms with van der Waals surface area (Å²) in [5.41, 5.74) is 1.45. The lowest BCUT2D eigenvalue weighted by Crippen LogP contribution is -2.57. The highest BCUT2D eigenvalue weighted by Crippen LogP contribution is 2.74. The zero-order valence-corrected chi connectivity index (χ0v) is 19.4. The fourth-order valence-corrected chi connectivity index (χ4v) is 9.74. The van der Waals surface area contributed by atoms with Crippen LogP contribution in [0.5, 0.6) is 0 Å². The SMILES string of the molecule is CC(C)CCC[C@@H](C)[C@@H]1CC[C@H]2[C@@H]3C[C@@H]4O[C@@]45CCCC[C@]5(C)[C@H]3CC[C@@]21C. The van der Waals surface area contributed by atoms with Gasteiger partial charge in [0.05, 0.1) is 6.10 Å². The van der Waals surface area contributed by atoms with Crippen molar-refractivity contribution >= 4 is 0 Å². The van der Waals surface area contributed by atoms with Gasteiger partial charge in [-0.2, -0.15) is 0 Å². The number of ether oxygens (including phenoxy) is 1. The maximum atomic E-state index is 6.60. The third kappa shape index (κ3) is 2.66. The molecule has 0 radical (unpaired) electrons. The van der Waals surface area contributed by atoms with E-state index in [0.717, 1.165) is 35.5 Å². The molecule has 160 valence electrons. The van der Waals surface area contributed by atoms with Gasteiger partial charge in [-0.1, -0.05) is 66.7 Å². The van der Waals surface area contributed by atoms with Crippen LogP contribution in [0.1, 0.15) is 112 Å². The van der Waals surface area contributed by atoms with Crippen molar-refractivity contribution in [1.82, 2.24) is 0 Å². The van der Waals surface area contributed by atoms with E-state index in [9.17, 15) is 0 Å². The van der Waals surface area contributed by atoms with Crippen LogP contribution in [0, 0.1) is 46.3 Å². The van der Waals surface area contributed by atoms with Gasteiger partial charge in [-0.25, -0.2) is 0 Å². The molecule has 5 aliphatic rings. The Balaban J connectivity index is 1.33. The summed E-state index contributed by atoms with van der Waals surface area (Å²) >= 11 is 0. The Kier molecular flexibility index (Phi) is 4.78. The van der Waals surface area contributed by atoms with Gasteiger partial charge in [-0.15, -0.1) is 0 Å². The summed E-state index contributed by atoms with van der Waals surface area (Å²) in [6.07, 6.45) is 18.1. The van der Waals surface area contributed by atoms with Gasteiger partial charge in [0, 0.05) is 5.41 Å². The highest BCUT2D eigenvalue weighted by atomic mass is 16.6. The van der Waals surface area contributed by atoms with Crippen molar-refractivity contribution in [1.29, 1.82) is 0 Å². The highest BCUT2D eigenvalue weighted by Gasteiger charge is 2.75. The first-order valence-corrected chi connectivity index (χ1v) is 13.0. The highest BCUT2D eigenvalue weighted by molar-refractivity contribution is 5.23. The first kappa shape index (κ1) is 19.9.